The lowest BCUT2D eigenvalue weighted by Crippen LogP contribution is -2.36. The van der Waals surface area contributed by atoms with Crippen molar-refractivity contribution >= 4 is 22.4 Å². The second-order valence-corrected chi connectivity index (χ2v) is 6.67. The number of ether oxygens (including phenoxy) is 1. The molecule has 0 saturated carbocycles. The molecule has 6 heteroatoms. The lowest BCUT2D eigenvalue weighted by Gasteiger charge is -2.25. The van der Waals surface area contributed by atoms with Gasteiger partial charge in [-0.2, -0.15) is 0 Å². The molecule has 1 aromatic rings. The van der Waals surface area contributed by atoms with Crippen molar-refractivity contribution in [2.45, 2.75) is 38.3 Å². The quantitative estimate of drug-likeness (QED) is 0.780. The maximum absolute atomic E-state index is 11.7. The lowest BCUT2D eigenvalue weighted by atomic mass is 10.1. The molecular weight excluding hydrogens is 274 g/mol. The molecule has 0 spiro atoms. The Hall–Kier alpha value is -1.14. The summed E-state index contributed by atoms with van der Waals surface area (Å²) in [5.74, 6) is -0.278. The molecule has 20 heavy (non-hydrogen) atoms. The highest BCUT2D eigenvalue weighted by Crippen LogP contribution is 2.33. The maximum atomic E-state index is 11.7. The van der Waals surface area contributed by atoms with Crippen molar-refractivity contribution in [2.24, 2.45) is 0 Å². The molecule has 0 aromatic carbocycles. The van der Waals surface area contributed by atoms with E-state index in [1.54, 1.807) is 0 Å². The van der Waals surface area contributed by atoms with Gasteiger partial charge in [0.1, 0.15) is 4.88 Å². The Morgan fingerprint density at radius 1 is 1.35 bits per heavy atom. The Kier molecular flexibility index (Phi) is 3.69. The monoisotopic (exact) mass is 295 g/mol. The molecule has 2 bridgehead atoms. The van der Waals surface area contributed by atoms with Gasteiger partial charge < -0.3 is 9.64 Å². The highest BCUT2D eigenvalue weighted by molar-refractivity contribution is 7.17. The van der Waals surface area contributed by atoms with Crippen LogP contribution in [0.15, 0.2) is 0 Å². The number of hydrogen-bond donors (Lipinski definition) is 0. The van der Waals surface area contributed by atoms with Crippen LogP contribution in [0.4, 0.5) is 5.13 Å². The van der Waals surface area contributed by atoms with E-state index in [1.165, 1.54) is 37.7 Å². The van der Waals surface area contributed by atoms with Gasteiger partial charge in [-0.3, -0.25) is 4.90 Å². The normalized spacial score (nSPS) is 26.6. The first-order valence-corrected chi connectivity index (χ1v) is 7.94. The molecule has 2 fully saturated rings. The Morgan fingerprint density at radius 3 is 2.85 bits per heavy atom. The van der Waals surface area contributed by atoms with E-state index >= 15 is 0 Å². The van der Waals surface area contributed by atoms with Gasteiger partial charge in [-0.15, -0.1) is 0 Å². The molecular formula is C14H21N3O2S. The predicted octanol–water partition coefficient (Wildman–Crippen LogP) is 1.91. The average molecular weight is 295 g/mol. The number of fused-ring (bicyclic) bond motifs is 2. The Morgan fingerprint density at radius 2 is 2.10 bits per heavy atom. The third-order valence-corrected chi connectivity index (χ3v) is 5.77. The number of aromatic nitrogens is 1. The van der Waals surface area contributed by atoms with E-state index in [4.69, 9.17) is 4.74 Å². The summed E-state index contributed by atoms with van der Waals surface area (Å²) >= 11 is 1.46. The molecule has 0 aliphatic carbocycles. The fourth-order valence-corrected chi connectivity index (χ4v) is 4.30. The summed E-state index contributed by atoms with van der Waals surface area (Å²) in [4.78, 5) is 21.8. The van der Waals surface area contributed by atoms with Crippen LogP contribution in [-0.4, -0.2) is 55.2 Å². The lowest BCUT2D eigenvalue weighted by molar-refractivity contribution is 0.0605. The van der Waals surface area contributed by atoms with Crippen molar-refractivity contribution in [3.63, 3.8) is 0 Å². The number of esters is 1. The number of methoxy groups -OCH3 is 1. The molecule has 0 N–H and O–H groups in total. The summed E-state index contributed by atoms with van der Waals surface area (Å²) in [6.07, 6.45) is 3.77. The molecule has 2 atom stereocenters. The fraction of sp³-hybridized carbons (Fsp3) is 0.714. The summed E-state index contributed by atoms with van der Waals surface area (Å²) in [6.45, 7) is 3.92. The summed E-state index contributed by atoms with van der Waals surface area (Å²) in [7, 11) is 3.65. The summed E-state index contributed by atoms with van der Waals surface area (Å²) in [5, 5.41) is 0.962. The second kappa shape index (κ2) is 5.33. The Labute approximate surface area is 123 Å². The Bertz CT molecular complexity index is 517. The molecule has 5 nitrogen and oxygen atoms in total. The summed E-state index contributed by atoms with van der Waals surface area (Å²) in [5.41, 5.74) is 0.777. The molecule has 2 saturated heterocycles. The second-order valence-electron chi connectivity index (χ2n) is 5.69. The molecule has 110 valence electrons. The molecule has 2 unspecified atom stereocenters. The van der Waals surface area contributed by atoms with Crippen LogP contribution in [0.1, 0.15) is 34.6 Å². The van der Waals surface area contributed by atoms with Crippen molar-refractivity contribution in [1.29, 1.82) is 0 Å². The van der Waals surface area contributed by atoms with Crippen LogP contribution < -0.4 is 4.90 Å². The number of nitrogens with zero attached hydrogens (tertiary/aromatic N) is 3. The van der Waals surface area contributed by atoms with E-state index < -0.39 is 0 Å². The summed E-state index contributed by atoms with van der Waals surface area (Å²) < 4.78 is 4.81. The van der Waals surface area contributed by atoms with Crippen molar-refractivity contribution < 1.29 is 9.53 Å². The SMILES string of the molecule is COC(=O)c1sc(N2CCC3CCC(C2)N3C)nc1C. The van der Waals surface area contributed by atoms with Gasteiger partial charge >= 0.3 is 5.97 Å². The maximum Gasteiger partial charge on any atom is 0.350 e. The number of likely N-dealkylation sites (N-methyl/N-ethyl adjacent to an activating group) is 1. The van der Waals surface area contributed by atoms with Gasteiger partial charge in [0, 0.05) is 25.2 Å². The van der Waals surface area contributed by atoms with Crippen LogP contribution in [-0.2, 0) is 4.74 Å². The van der Waals surface area contributed by atoms with E-state index in [-0.39, 0.29) is 5.97 Å². The predicted molar refractivity (Wildman–Crippen MR) is 79.6 cm³/mol. The number of carbonyl (C=O) groups excluding carboxylic acids is 1. The average Bonchev–Trinajstić information content (AvgIpc) is 2.90. The molecule has 0 radical (unpaired) electrons. The number of anilines is 1. The van der Waals surface area contributed by atoms with Crippen LogP contribution in [0.3, 0.4) is 0 Å². The first kappa shape index (κ1) is 13.8. The van der Waals surface area contributed by atoms with Crippen LogP contribution >= 0.6 is 11.3 Å². The molecule has 3 rings (SSSR count). The zero-order valence-corrected chi connectivity index (χ0v) is 13.1. The van der Waals surface area contributed by atoms with E-state index in [0.29, 0.717) is 17.0 Å². The van der Waals surface area contributed by atoms with Gasteiger partial charge in [-0.25, -0.2) is 9.78 Å². The van der Waals surface area contributed by atoms with Crippen LogP contribution in [0.25, 0.3) is 0 Å². The standard InChI is InChI=1S/C14H21N3O2S/c1-9-12(13(18)19-3)20-14(15-9)17-7-6-10-4-5-11(8-17)16(10)2/h10-11H,4-8H2,1-3H3. The topological polar surface area (TPSA) is 45.7 Å². The zero-order valence-electron chi connectivity index (χ0n) is 12.3. The molecule has 1 aromatic heterocycles. The largest absolute Gasteiger partial charge is 0.465 e. The van der Waals surface area contributed by atoms with E-state index in [9.17, 15) is 4.79 Å². The molecule has 3 heterocycles. The van der Waals surface area contributed by atoms with Crippen molar-refractivity contribution in [3.05, 3.63) is 10.6 Å². The molecule has 2 aliphatic rings. The van der Waals surface area contributed by atoms with Gasteiger partial charge in [0.05, 0.1) is 12.8 Å². The first-order valence-electron chi connectivity index (χ1n) is 7.12. The van der Waals surface area contributed by atoms with Gasteiger partial charge in [0.25, 0.3) is 0 Å². The smallest absolute Gasteiger partial charge is 0.350 e. The van der Waals surface area contributed by atoms with Crippen LogP contribution in [0, 0.1) is 6.92 Å². The van der Waals surface area contributed by atoms with Gasteiger partial charge in [-0.1, -0.05) is 11.3 Å². The molecule has 2 aliphatic heterocycles. The minimum Gasteiger partial charge on any atom is -0.465 e. The Balaban J connectivity index is 1.81. The van der Waals surface area contributed by atoms with E-state index in [1.807, 2.05) is 6.92 Å². The first-order chi connectivity index (χ1) is 9.60. The number of hydrogen-bond acceptors (Lipinski definition) is 6. The third-order valence-electron chi connectivity index (χ3n) is 4.58. The number of thiazole rings is 1. The van der Waals surface area contributed by atoms with Crippen molar-refractivity contribution in [3.8, 4) is 0 Å². The highest BCUT2D eigenvalue weighted by atomic mass is 32.1. The van der Waals surface area contributed by atoms with Crippen molar-refractivity contribution in [1.82, 2.24) is 9.88 Å². The van der Waals surface area contributed by atoms with E-state index in [0.717, 1.165) is 23.9 Å². The number of aryl methyl sites for hydroxylation is 1. The van der Waals surface area contributed by atoms with Gasteiger partial charge in [0.15, 0.2) is 5.13 Å². The van der Waals surface area contributed by atoms with Crippen LogP contribution in [0.2, 0.25) is 0 Å². The van der Waals surface area contributed by atoms with E-state index in [2.05, 4.69) is 21.8 Å². The number of rotatable bonds is 2. The highest BCUT2D eigenvalue weighted by Gasteiger charge is 2.35. The minimum absolute atomic E-state index is 0.278. The van der Waals surface area contributed by atoms with Gasteiger partial charge in [0.2, 0.25) is 0 Å². The van der Waals surface area contributed by atoms with Crippen molar-refractivity contribution in [2.75, 3.05) is 32.1 Å². The molecule has 0 amide bonds. The third kappa shape index (κ3) is 2.31. The summed E-state index contributed by atoms with van der Waals surface area (Å²) in [6, 6.07) is 1.33. The number of carbonyl (C=O) groups is 1. The fourth-order valence-electron chi connectivity index (χ4n) is 3.28. The van der Waals surface area contributed by atoms with Gasteiger partial charge in [-0.05, 0) is 33.2 Å². The minimum atomic E-state index is -0.278. The van der Waals surface area contributed by atoms with Crippen LogP contribution in [0.5, 0.6) is 0 Å². The zero-order chi connectivity index (χ0) is 14.3.